The van der Waals surface area contributed by atoms with Crippen LogP contribution in [-0.4, -0.2) is 57.9 Å². The minimum Gasteiger partial charge on any atom is -0.496 e. The number of hydrogen-bond donors (Lipinski definition) is 1. The number of nitrogens with one attached hydrogen (secondary N) is 1. The largest absolute Gasteiger partial charge is 0.496 e. The van der Waals surface area contributed by atoms with Gasteiger partial charge in [0.05, 0.1) is 23.3 Å². The highest BCUT2D eigenvalue weighted by Crippen LogP contribution is 2.34. The fraction of sp³-hybridized carbons (Fsp3) is 0.391. The zero-order chi connectivity index (χ0) is 22.9. The molecule has 170 valence electrons. The topological polar surface area (TPSA) is 96.0 Å². The molecule has 0 atom stereocenters. The highest BCUT2D eigenvalue weighted by Gasteiger charge is 2.32. The van der Waals surface area contributed by atoms with Crippen LogP contribution in [0, 0.1) is 0 Å². The molecule has 2 aromatic carbocycles. The van der Waals surface area contributed by atoms with E-state index >= 15 is 0 Å². The number of ether oxygens (including phenoxy) is 1. The Morgan fingerprint density at radius 1 is 1.06 bits per heavy atom. The second-order valence-corrected chi connectivity index (χ2v) is 9.93. The molecule has 0 aromatic heterocycles. The molecule has 2 aliphatic heterocycles. The molecule has 0 unspecified atom stereocenters. The summed E-state index contributed by atoms with van der Waals surface area (Å²) in [5.74, 6) is -0.0516. The molecule has 2 heterocycles. The molecule has 0 aliphatic carbocycles. The van der Waals surface area contributed by atoms with Gasteiger partial charge in [0.1, 0.15) is 5.75 Å². The van der Waals surface area contributed by atoms with Gasteiger partial charge in [0, 0.05) is 32.6 Å². The number of methoxy groups -OCH3 is 1. The first-order chi connectivity index (χ1) is 15.3. The lowest BCUT2D eigenvalue weighted by Crippen LogP contribution is -2.46. The van der Waals surface area contributed by atoms with E-state index in [0.717, 1.165) is 5.56 Å². The number of carbonyl (C=O) groups is 2. The Morgan fingerprint density at radius 3 is 2.47 bits per heavy atom. The summed E-state index contributed by atoms with van der Waals surface area (Å²) in [6, 6.07) is 11.7. The Bertz CT molecular complexity index is 1140. The van der Waals surface area contributed by atoms with Gasteiger partial charge in [0.15, 0.2) is 0 Å². The molecule has 0 spiro atoms. The minimum atomic E-state index is -3.83. The van der Waals surface area contributed by atoms with E-state index in [0.29, 0.717) is 50.3 Å². The first-order valence-electron chi connectivity index (χ1n) is 10.7. The molecule has 1 saturated heterocycles. The molecular weight excluding hydrogens is 430 g/mol. The average molecular weight is 458 g/mol. The monoisotopic (exact) mass is 457 g/mol. The van der Waals surface area contributed by atoms with Gasteiger partial charge in [-0.05, 0) is 49.1 Å². The molecule has 2 aromatic rings. The Balaban J connectivity index is 1.57. The van der Waals surface area contributed by atoms with Crippen LogP contribution in [0.4, 0.5) is 5.69 Å². The number of amides is 2. The average Bonchev–Trinajstić information content (AvgIpc) is 3.24. The molecule has 8 nitrogen and oxygen atoms in total. The van der Waals surface area contributed by atoms with Crippen LogP contribution in [0.25, 0.3) is 0 Å². The number of anilines is 1. The van der Waals surface area contributed by atoms with Gasteiger partial charge in [-0.25, -0.2) is 8.42 Å². The van der Waals surface area contributed by atoms with E-state index in [9.17, 15) is 18.0 Å². The quantitative estimate of drug-likeness (QED) is 0.743. The number of sulfonamides is 1. The van der Waals surface area contributed by atoms with Crippen LogP contribution < -0.4 is 14.4 Å². The summed E-state index contributed by atoms with van der Waals surface area (Å²) in [6.45, 7) is 3.07. The molecule has 1 N–H and O–H groups in total. The van der Waals surface area contributed by atoms with Crippen LogP contribution in [0.2, 0.25) is 0 Å². The second-order valence-electron chi connectivity index (χ2n) is 8.07. The van der Waals surface area contributed by atoms with Gasteiger partial charge in [-0.15, -0.1) is 0 Å². The lowest BCUT2D eigenvalue weighted by molar-refractivity contribution is -0.129. The third kappa shape index (κ3) is 4.17. The van der Waals surface area contributed by atoms with Gasteiger partial charge < -0.3 is 15.0 Å². The number of likely N-dealkylation sites (tertiary alicyclic amines) is 1. The molecule has 1 fully saturated rings. The van der Waals surface area contributed by atoms with Crippen molar-refractivity contribution in [3.63, 3.8) is 0 Å². The summed E-state index contributed by atoms with van der Waals surface area (Å²) in [5.41, 5.74) is 1.83. The van der Waals surface area contributed by atoms with Gasteiger partial charge in [-0.3, -0.25) is 13.9 Å². The van der Waals surface area contributed by atoms with Crippen LogP contribution in [-0.2, 0) is 21.2 Å². The maximum atomic E-state index is 13.4. The van der Waals surface area contributed by atoms with E-state index in [-0.39, 0.29) is 28.3 Å². The lowest BCUT2D eigenvalue weighted by atomic mass is 10.0. The first kappa shape index (κ1) is 22.1. The number of carbonyl (C=O) groups excluding carboxylic acids is 2. The molecule has 4 rings (SSSR count). The van der Waals surface area contributed by atoms with E-state index in [2.05, 4.69) is 5.32 Å². The predicted molar refractivity (Wildman–Crippen MR) is 120 cm³/mol. The molecular formula is C23H27N3O5S. The number of fused-ring (bicyclic) bond motifs is 1. The van der Waals surface area contributed by atoms with Crippen LogP contribution in [0.5, 0.6) is 5.75 Å². The Hall–Kier alpha value is -3.07. The van der Waals surface area contributed by atoms with Gasteiger partial charge in [0.25, 0.3) is 15.9 Å². The third-order valence-electron chi connectivity index (χ3n) is 6.12. The summed E-state index contributed by atoms with van der Waals surface area (Å²) < 4.78 is 33.5. The number of piperidine rings is 1. The molecule has 0 radical (unpaired) electrons. The Kier molecular flexibility index (Phi) is 6.10. The SMILES string of the molecule is COc1ccc(S(=O)(=O)N2CCc3ccccc32)cc1C(=O)NC1CCN(C(C)=O)CC1. The molecule has 0 bridgehead atoms. The van der Waals surface area contributed by atoms with Gasteiger partial charge in [0.2, 0.25) is 5.91 Å². The van der Waals surface area contributed by atoms with E-state index in [4.69, 9.17) is 4.74 Å². The highest BCUT2D eigenvalue weighted by molar-refractivity contribution is 7.92. The van der Waals surface area contributed by atoms with Crippen LogP contribution in [0.15, 0.2) is 47.4 Å². The smallest absolute Gasteiger partial charge is 0.264 e. The fourth-order valence-electron chi connectivity index (χ4n) is 4.31. The van der Waals surface area contributed by atoms with Crippen LogP contribution in [0.1, 0.15) is 35.7 Å². The minimum absolute atomic E-state index is 0.0258. The summed E-state index contributed by atoms with van der Waals surface area (Å²) in [4.78, 5) is 26.3. The van der Waals surface area contributed by atoms with Crippen molar-refractivity contribution in [2.24, 2.45) is 0 Å². The van der Waals surface area contributed by atoms with Crippen LogP contribution >= 0.6 is 0 Å². The first-order valence-corrected chi connectivity index (χ1v) is 12.1. The van der Waals surface area contributed by atoms with Crippen LogP contribution in [0.3, 0.4) is 0 Å². The molecule has 32 heavy (non-hydrogen) atoms. The predicted octanol–water partition coefficient (Wildman–Crippen LogP) is 2.19. The molecule has 2 amide bonds. The maximum Gasteiger partial charge on any atom is 0.264 e. The lowest BCUT2D eigenvalue weighted by Gasteiger charge is -2.31. The van der Waals surface area contributed by atoms with E-state index < -0.39 is 10.0 Å². The summed E-state index contributed by atoms with van der Waals surface area (Å²) >= 11 is 0. The fourth-order valence-corrected chi connectivity index (χ4v) is 5.84. The van der Waals surface area contributed by atoms with Crippen molar-refractivity contribution in [2.75, 3.05) is 31.0 Å². The van der Waals surface area contributed by atoms with Crippen molar-refractivity contribution in [1.29, 1.82) is 0 Å². The molecule has 2 aliphatic rings. The molecule has 0 saturated carbocycles. The van der Waals surface area contributed by atoms with Gasteiger partial charge >= 0.3 is 0 Å². The molecule has 9 heteroatoms. The number of hydrogen-bond acceptors (Lipinski definition) is 5. The second kappa shape index (κ2) is 8.82. The van der Waals surface area contributed by atoms with Gasteiger partial charge in [-0.2, -0.15) is 0 Å². The zero-order valence-corrected chi connectivity index (χ0v) is 19.0. The maximum absolute atomic E-state index is 13.4. The number of rotatable bonds is 5. The summed E-state index contributed by atoms with van der Waals surface area (Å²) in [7, 11) is -2.38. The van der Waals surface area contributed by atoms with E-state index in [1.165, 1.54) is 36.5 Å². The Labute approximate surface area is 188 Å². The zero-order valence-electron chi connectivity index (χ0n) is 18.2. The van der Waals surface area contributed by atoms with Crippen molar-refractivity contribution in [2.45, 2.75) is 37.1 Å². The standard InChI is InChI=1S/C23H27N3O5S/c1-16(27)25-12-10-18(11-13-25)24-23(28)20-15-19(7-8-22(20)31-2)32(29,30)26-14-9-17-5-3-4-6-21(17)26/h3-8,15,18H,9-14H2,1-2H3,(H,24,28). The van der Waals surface area contributed by atoms with Crippen molar-refractivity contribution in [3.8, 4) is 5.75 Å². The van der Waals surface area contributed by atoms with Crippen molar-refractivity contribution >= 4 is 27.5 Å². The van der Waals surface area contributed by atoms with Crippen molar-refractivity contribution in [1.82, 2.24) is 10.2 Å². The highest BCUT2D eigenvalue weighted by atomic mass is 32.2. The number of nitrogens with zero attached hydrogens (tertiary/aromatic N) is 2. The van der Waals surface area contributed by atoms with Crippen molar-refractivity contribution < 1.29 is 22.7 Å². The normalized spacial score (nSPS) is 16.6. The van der Waals surface area contributed by atoms with Gasteiger partial charge in [-0.1, -0.05) is 18.2 Å². The summed E-state index contributed by atoms with van der Waals surface area (Å²) in [6.07, 6.45) is 1.95. The van der Waals surface area contributed by atoms with Crippen molar-refractivity contribution in [3.05, 3.63) is 53.6 Å². The van der Waals surface area contributed by atoms with E-state index in [1.807, 2.05) is 18.2 Å². The van der Waals surface area contributed by atoms with E-state index in [1.54, 1.807) is 11.0 Å². The summed E-state index contributed by atoms with van der Waals surface area (Å²) in [5, 5.41) is 2.97. The number of benzene rings is 2. The third-order valence-corrected chi connectivity index (χ3v) is 7.93. The Morgan fingerprint density at radius 2 is 1.78 bits per heavy atom. The number of para-hydroxylation sites is 1.